The summed E-state index contributed by atoms with van der Waals surface area (Å²) >= 11 is 7.33. The maximum Gasteiger partial charge on any atom is 0.367 e. The first-order valence-corrected chi connectivity index (χ1v) is 10.9. The molecule has 0 aliphatic heterocycles. The molecule has 0 saturated heterocycles. The second-order valence-electron chi connectivity index (χ2n) is 7.02. The molecule has 2 heterocycles. The lowest BCUT2D eigenvalue weighted by Crippen LogP contribution is -2.34. The number of aryl methyl sites for hydroxylation is 1. The summed E-state index contributed by atoms with van der Waals surface area (Å²) in [7, 11) is 0. The summed E-state index contributed by atoms with van der Waals surface area (Å²) in [6, 6.07) is 19.0. The van der Waals surface area contributed by atoms with Crippen LogP contribution in [0.4, 0.5) is 0 Å². The van der Waals surface area contributed by atoms with E-state index in [0.29, 0.717) is 28.7 Å². The molecule has 0 radical (unpaired) electrons. The highest BCUT2D eigenvalue weighted by molar-refractivity contribution is 7.99. The molecule has 0 atom stereocenters. The zero-order chi connectivity index (χ0) is 21.8. The average Bonchev–Trinajstić information content (AvgIpc) is 3.06. The van der Waals surface area contributed by atoms with Crippen molar-refractivity contribution in [3.8, 4) is 0 Å². The fraction of sp³-hybridized carbons (Fsp3) is 0.182. The predicted molar refractivity (Wildman–Crippen MR) is 121 cm³/mol. The number of aromatic nitrogens is 4. The molecule has 1 N–H and O–H groups in total. The zero-order valence-corrected chi connectivity index (χ0v) is 18.4. The van der Waals surface area contributed by atoms with E-state index in [1.165, 1.54) is 21.8 Å². The van der Waals surface area contributed by atoms with Crippen molar-refractivity contribution >= 4 is 34.9 Å². The van der Waals surface area contributed by atoms with Crippen molar-refractivity contribution in [3.63, 3.8) is 0 Å². The molecule has 7 nitrogen and oxygen atoms in total. The van der Waals surface area contributed by atoms with Crippen LogP contribution in [0.1, 0.15) is 11.1 Å². The summed E-state index contributed by atoms with van der Waals surface area (Å²) in [5.74, 6) is -0.284. The maximum atomic E-state index is 12.6. The number of nitrogens with one attached hydrogen (secondary N) is 1. The van der Waals surface area contributed by atoms with Crippen LogP contribution in [-0.2, 0) is 17.8 Å². The Labute approximate surface area is 188 Å². The molecule has 0 spiro atoms. The molecule has 2 aromatic heterocycles. The normalized spacial score (nSPS) is 11.0. The van der Waals surface area contributed by atoms with E-state index in [9.17, 15) is 9.59 Å². The van der Waals surface area contributed by atoms with E-state index in [0.717, 1.165) is 15.1 Å². The summed E-state index contributed by atoms with van der Waals surface area (Å²) in [6.07, 6.45) is 0.671. The summed E-state index contributed by atoms with van der Waals surface area (Å²) in [5.41, 5.74) is 2.19. The Morgan fingerprint density at radius 2 is 1.77 bits per heavy atom. The van der Waals surface area contributed by atoms with Gasteiger partial charge in [0.25, 0.3) is 0 Å². The molecule has 4 aromatic rings. The van der Waals surface area contributed by atoms with Crippen molar-refractivity contribution in [1.29, 1.82) is 0 Å². The van der Waals surface area contributed by atoms with Crippen molar-refractivity contribution in [1.82, 2.24) is 24.7 Å². The van der Waals surface area contributed by atoms with Gasteiger partial charge in [0.15, 0.2) is 5.65 Å². The molecule has 158 valence electrons. The van der Waals surface area contributed by atoms with Crippen LogP contribution in [-0.4, -0.2) is 31.8 Å². The number of halogens is 1. The van der Waals surface area contributed by atoms with Gasteiger partial charge >= 0.3 is 5.69 Å². The molecule has 0 aliphatic carbocycles. The van der Waals surface area contributed by atoms with Crippen molar-refractivity contribution in [2.45, 2.75) is 29.8 Å². The average molecular weight is 454 g/mol. The van der Waals surface area contributed by atoms with Gasteiger partial charge in [0, 0.05) is 16.5 Å². The van der Waals surface area contributed by atoms with E-state index in [1.807, 2.05) is 61.5 Å². The number of hydrogen-bond acceptors (Lipinski definition) is 5. The first-order chi connectivity index (χ1) is 15.0. The molecule has 31 heavy (non-hydrogen) atoms. The van der Waals surface area contributed by atoms with E-state index < -0.39 is 5.69 Å². The Bertz CT molecular complexity index is 1270. The lowest BCUT2D eigenvalue weighted by Gasteiger charge is -2.05. The molecular weight excluding hydrogens is 434 g/mol. The van der Waals surface area contributed by atoms with Gasteiger partial charge in [-0.2, -0.15) is 9.61 Å². The molecule has 0 bridgehead atoms. The third-order valence-corrected chi connectivity index (χ3v) is 5.79. The summed E-state index contributed by atoms with van der Waals surface area (Å²) in [4.78, 5) is 25.9. The number of carbonyl (C=O) groups is 1. The molecule has 1 amide bonds. The van der Waals surface area contributed by atoms with Crippen molar-refractivity contribution in [2.75, 3.05) is 6.54 Å². The molecule has 2 aromatic carbocycles. The molecule has 4 rings (SSSR count). The number of hydrogen-bond donors (Lipinski definition) is 1. The second-order valence-corrected chi connectivity index (χ2v) is 8.55. The zero-order valence-electron chi connectivity index (χ0n) is 16.8. The van der Waals surface area contributed by atoms with E-state index in [4.69, 9.17) is 11.6 Å². The summed E-state index contributed by atoms with van der Waals surface area (Å²) in [6.45, 7) is 2.32. The quantitative estimate of drug-likeness (QED) is 0.464. The largest absolute Gasteiger partial charge is 0.367 e. The fourth-order valence-electron chi connectivity index (χ4n) is 2.97. The molecule has 0 saturated carbocycles. The Morgan fingerprint density at radius 3 is 2.52 bits per heavy atom. The van der Waals surface area contributed by atoms with Crippen LogP contribution in [0.15, 0.2) is 75.4 Å². The Hall–Kier alpha value is -3.10. The monoisotopic (exact) mass is 453 g/mol. The number of rotatable bonds is 7. The third kappa shape index (κ3) is 5.34. The van der Waals surface area contributed by atoms with Gasteiger partial charge < -0.3 is 5.32 Å². The molecule has 9 heteroatoms. The number of fused-ring (bicyclic) bond motifs is 1. The number of benzene rings is 2. The highest BCUT2D eigenvalue weighted by atomic mass is 35.5. The topological polar surface area (TPSA) is 81.3 Å². The Balaban J connectivity index is 1.40. The number of carbonyl (C=O) groups excluding carboxylic acids is 1. The highest BCUT2D eigenvalue weighted by Gasteiger charge is 2.12. The van der Waals surface area contributed by atoms with E-state index >= 15 is 0 Å². The van der Waals surface area contributed by atoms with Crippen molar-refractivity contribution < 1.29 is 4.79 Å². The lowest BCUT2D eigenvalue weighted by atomic mass is 10.1. The van der Waals surface area contributed by atoms with Crippen LogP contribution in [0, 0.1) is 6.92 Å². The lowest BCUT2D eigenvalue weighted by molar-refractivity contribution is -0.121. The Kier molecular flexibility index (Phi) is 6.39. The minimum Gasteiger partial charge on any atom is -0.354 e. The van der Waals surface area contributed by atoms with Gasteiger partial charge in [0.2, 0.25) is 5.91 Å². The smallest absolute Gasteiger partial charge is 0.354 e. The summed E-state index contributed by atoms with van der Waals surface area (Å²) < 4.78 is 2.35. The van der Waals surface area contributed by atoms with E-state index in [-0.39, 0.29) is 12.5 Å². The maximum absolute atomic E-state index is 12.6. The van der Waals surface area contributed by atoms with Gasteiger partial charge in [-0.15, -0.1) is 5.10 Å². The predicted octanol–water partition coefficient (Wildman–Crippen LogP) is 3.36. The van der Waals surface area contributed by atoms with E-state index in [2.05, 4.69) is 15.5 Å². The van der Waals surface area contributed by atoms with Crippen LogP contribution in [0.2, 0.25) is 5.02 Å². The van der Waals surface area contributed by atoms with Gasteiger partial charge in [-0.1, -0.05) is 53.2 Å². The Morgan fingerprint density at radius 1 is 1.03 bits per heavy atom. The first-order valence-electron chi connectivity index (χ1n) is 9.70. The van der Waals surface area contributed by atoms with Gasteiger partial charge in [-0.25, -0.2) is 9.48 Å². The molecular formula is C22H20ClN5O2S. The minimum absolute atomic E-state index is 0.163. The van der Waals surface area contributed by atoms with Crippen LogP contribution in [0.5, 0.6) is 0 Å². The van der Waals surface area contributed by atoms with Gasteiger partial charge in [0.1, 0.15) is 11.6 Å². The third-order valence-electron chi connectivity index (χ3n) is 4.60. The second kappa shape index (κ2) is 9.36. The van der Waals surface area contributed by atoms with Gasteiger partial charge in [-0.3, -0.25) is 4.79 Å². The van der Waals surface area contributed by atoms with Crippen LogP contribution in [0.25, 0.3) is 5.65 Å². The van der Waals surface area contributed by atoms with Crippen LogP contribution < -0.4 is 11.0 Å². The SMILES string of the molecule is Cc1ccc(Sc2ccc3nn(CC(=O)NCCc4ccc(Cl)cc4)c(=O)n3n2)cc1. The standard InChI is InChI=1S/C22H20ClN5O2S/c1-15-2-8-18(9-3-15)31-21-11-10-19-25-27(22(30)28(19)26-21)14-20(29)24-13-12-16-4-6-17(23)7-5-16/h2-11H,12-14H2,1H3,(H,24,29). The van der Waals surface area contributed by atoms with E-state index in [1.54, 1.807) is 6.07 Å². The van der Waals surface area contributed by atoms with Gasteiger partial charge in [-0.05, 0) is 55.3 Å². The first kappa shape index (κ1) is 21.1. The van der Waals surface area contributed by atoms with Crippen LogP contribution in [0.3, 0.4) is 0 Å². The highest BCUT2D eigenvalue weighted by Crippen LogP contribution is 2.25. The number of nitrogens with zero attached hydrogens (tertiary/aromatic N) is 4. The van der Waals surface area contributed by atoms with Crippen molar-refractivity contribution in [3.05, 3.63) is 87.3 Å². The van der Waals surface area contributed by atoms with Crippen LogP contribution >= 0.6 is 23.4 Å². The molecule has 0 aliphatic rings. The fourth-order valence-corrected chi connectivity index (χ4v) is 3.86. The van der Waals surface area contributed by atoms with Gasteiger partial charge in [0.05, 0.1) is 0 Å². The molecule has 0 unspecified atom stereocenters. The van der Waals surface area contributed by atoms with Crippen molar-refractivity contribution in [2.24, 2.45) is 0 Å². The minimum atomic E-state index is -0.450. The summed E-state index contributed by atoms with van der Waals surface area (Å²) in [5, 5.41) is 12.7. The number of amides is 1. The molecule has 0 fully saturated rings.